The number of rotatable bonds is 8. The van der Waals surface area contributed by atoms with E-state index in [0.717, 1.165) is 42.6 Å². The van der Waals surface area contributed by atoms with Gasteiger partial charge in [-0.15, -0.1) is 0 Å². The van der Waals surface area contributed by atoms with Crippen LogP contribution in [0.5, 0.6) is 5.75 Å². The highest BCUT2D eigenvalue weighted by atomic mass is 16.5. The van der Waals surface area contributed by atoms with Crippen LogP contribution in [0, 0.1) is 18.8 Å². The molecule has 2 aliphatic rings. The lowest BCUT2D eigenvalue weighted by atomic mass is 9.99. The maximum atomic E-state index is 12.9. The van der Waals surface area contributed by atoms with Gasteiger partial charge in [-0.25, -0.2) is 0 Å². The van der Waals surface area contributed by atoms with Crippen LogP contribution in [0.25, 0.3) is 0 Å². The number of ether oxygens (including phenoxy) is 1. The summed E-state index contributed by atoms with van der Waals surface area (Å²) < 4.78 is 6.13. The van der Waals surface area contributed by atoms with Crippen LogP contribution in [-0.4, -0.2) is 18.4 Å². The predicted molar refractivity (Wildman–Crippen MR) is 111 cm³/mol. The molecule has 27 heavy (non-hydrogen) atoms. The maximum Gasteiger partial charge on any atom is 0.166 e. The van der Waals surface area contributed by atoms with Crippen molar-refractivity contribution in [2.75, 3.05) is 6.54 Å². The fourth-order valence-electron chi connectivity index (χ4n) is 3.92. The Morgan fingerprint density at radius 2 is 2.11 bits per heavy atom. The summed E-state index contributed by atoms with van der Waals surface area (Å²) in [5.41, 5.74) is 10.1. The van der Waals surface area contributed by atoms with Gasteiger partial charge in [0.2, 0.25) is 0 Å². The number of ketones is 1. The molecule has 0 aromatic heterocycles. The Hall–Kier alpha value is -2.13. The lowest BCUT2D eigenvalue weighted by Gasteiger charge is -2.19. The largest absolute Gasteiger partial charge is 0.486 e. The topological polar surface area (TPSA) is 52.3 Å². The molecule has 1 saturated carbocycles. The lowest BCUT2D eigenvalue weighted by Crippen LogP contribution is -2.16. The number of hydrogen-bond acceptors (Lipinski definition) is 3. The number of Topliss-reactive ketones (excluding diaryl/α,β-unsaturated/α-hetero) is 1. The summed E-state index contributed by atoms with van der Waals surface area (Å²) in [4.78, 5) is 12.9. The van der Waals surface area contributed by atoms with Crippen molar-refractivity contribution in [2.45, 2.75) is 52.6 Å². The Labute approximate surface area is 163 Å². The second kappa shape index (κ2) is 8.71. The van der Waals surface area contributed by atoms with Crippen LogP contribution in [0.15, 0.2) is 53.6 Å². The van der Waals surface area contributed by atoms with Crippen molar-refractivity contribution >= 4 is 5.78 Å². The maximum absolute atomic E-state index is 12.9. The predicted octanol–water partition coefficient (Wildman–Crippen LogP) is 5.15. The van der Waals surface area contributed by atoms with Gasteiger partial charge in [-0.3, -0.25) is 4.79 Å². The van der Waals surface area contributed by atoms with Crippen molar-refractivity contribution < 1.29 is 9.53 Å². The molecule has 3 atom stereocenters. The fourth-order valence-corrected chi connectivity index (χ4v) is 3.92. The molecule has 3 heteroatoms. The number of nitrogens with two attached hydrogens (primary N) is 1. The van der Waals surface area contributed by atoms with E-state index in [1.54, 1.807) is 0 Å². The van der Waals surface area contributed by atoms with Gasteiger partial charge in [-0.1, -0.05) is 36.3 Å². The number of carbonyl (C=O) groups excluding carboxylic acids is 1. The zero-order valence-electron chi connectivity index (χ0n) is 16.7. The zero-order chi connectivity index (χ0) is 19.4. The van der Waals surface area contributed by atoms with E-state index in [2.05, 4.69) is 38.2 Å². The summed E-state index contributed by atoms with van der Waals surface area (Å²) in [5.74, 6) is 1.67. The molecule has 1 aromatic carbocycles. The van der Waals surface area contributed by atoms with Gasteiger partial charge >= 0.3 is 0 Å². The van der Waals surface area contributed by atoms with Gasteiger partial charge < -0.3 is 10.5 Å². The molecule has 0 saturated heterocycles. The molecule has 1 fully saturated rings. The highest BCUT2D eigenvalue weighted by molar-refractivity contribution is 6.00. The van der Waals surface area contributed by atoms with Crippen LogP contribution in [0.1, 0.15) is 55.5 Å². The van der Waals surface area contributed by atoms with Crippen LogP contribution in [0.2, 0.25) is 0 Å². The third-order valence-electron chi connectivity index (χ3n) is 5.52. The van der Waals surface area contributed by atoms with E-state index in [4.69, 9.17) is 10.5 Å². The van der Waals surface area contributed by atoms with E-state index in [-0.39, 0.29) is 17.8 Å². The Kier molecular flexibility index (Phi) is 6.33. The minimum atomic E-state index is 0.0721. The van der Waals surface area contributed by atoms with Crippen LogP contribution in [0.3, 0.4) is 0 Å². The highest BCUT2D eigenvalue weighted by Crippen LogP contribution is 2.47. The van der Waals surface area contributed by atoms with E-state index < -0.39 is 0 Å². The van der Waals surface area contributed by atoms with Crippen molar-refractivity contribution in [2.24, 2.45) is 17.6 Å². The summed E-state index contributed by atoms with van der Waals surface area (Å²) in [6.45, 7) is 6.93. The molecule has 144 valence electrons. The minimum absolute atomic E-state index is 0.0721. The molecular formula is C24H31NO2. The molecule has 0 heterocycles. The number of allylic oxidation sites excluding steroid dienone is 3. The summed E-state index contributed by atoms with van der Waals surface area (Å²) in [5, 5.41) is 0. The van der Waals surface area contributed by atoms with Gasteiger partial charge in [-0.05, 0) is 75.4 Å². The third kappa shape index (κ3) is 4.78. The van der Waals surface area contributed by atoms with E-state index in [9.17, 15) is 4.79 Å². The Balaban J connectivity index is 1.65. The van der Waals surface area contributed by atoms with Crippen molar-refractivity contribution in [1.29, 1.82) is 0 Å². The van der Waals surface area contributed by atoms with Gasteiger partial charge in [0.05, 0.1) is 0 Å². The monoisotopic (exact) mass is 365 g/mol. The average molecular weight is 366 g/mol. The normalized spacial score (nSPS) is 24.5. The first-order valence-corrected chi connectivity index (χ1v) is 10.1. The van der Waals surface area contributed by atoms with Crippen molar-refractivity contribution in [3.8, 4) is 5.75 Å². The van der Waals surface area contributed by atoms with Crippen LogP contribution in [-0.2, 0) is 0 Å². The smallest absolute Gasteiger partial charge is 0.166 e. The van der Waals surface area contributed by atoms with Crippen LogP contribution < -0.4 is 10.5 Å². The van der Waals surface area contributed by atoms with E-state index in [1.165, 1.54) is 11.1 Å². The molecular weight excluding hydrogens is 334 g/mol. The third-order valence-corrected chi connectivity index (χ3v) is 5.52. The highest BCUT2D eigenvalue weighted by Gasteiger charge is 2.44. The van der Waals surface area contributed by atoms with E-state index in [0.29, 0.717) is 12.5 Å². The van der Waals surface area contributed by atoms with Crippen LogP contribution >= 0.6 is 0 Å². The number of benzene rings is 1. The summed E-state index contributed by atoms with van der Waals surface area (Å²) in [6.07, 6.45) is 12.5. The van der Waals surface area contributed by atoms with Crippen molar-refractivity contribution in [1.82, 2.24) is 0 Å². The van der Waals surface area contributed by atoms with Crippen molar-refractivity contribution in [3.63, 3.8) is 0 Å². The molecule has 3 unspecified atom stereocenters. The molecule has 0 radical (unpaired) electrons. The van der Waals surface area contributed by atoms with Gasteiger partial charge in [0.15, 0.2) is 5.78 Å². The van der Waals surface area contributed by atoms with Gasteiger partial charge in [0.1, 0.15) is 11.9 Å². The number of hydrogen-bond donors (Lipinski definition) is 1. The lowest BCUT2D eigenvalue weighted by molar-refractivity contribution is 0.0963. The van der Waals surface area contributed by atoms with Crippen molar-refractivity contribution in [3.05, 3.63) is 64.8 Å². The van der Waals surface area contributed by atoms with Gasteiger partial charge in [0, 0.05) is 17.9 Å². The molecule has 0 bridgehead atoms. The molecule has 3 nitrogen and oxygen atoms in total. The molecule has 3 rings (SSSR count). The molecule has 2 N–H and O–H groups in total. The summed E-state index contributed by atoms with van der Waals surface area (Å²) in [6, 6.07) is 5.86. The number of aryl methyl sites for hydroxylation is 1. The molecule has 0 aliphatic heterocycles. The molecule has 2 aliphatic carbocycles. The van der Waals surface area contributed by atoms with Crippen LogP contribution in [0.4, 0.5) is 0 Å². The second-order valence-corrected chi connectivity index (χ2v) is 7.71. The average Bonchev–Trinajstić information content (AvgIpc) is 3.44. The quantitative estimate of drug-likeness (QED) is 0.512. The Bertz CT molecular complexity index is 788. The molecule has 0 spiro atoms. The molecule has 1 aromatic rings. The Morgan fingerprint density at radius 3 is 2.78 bits per heavy atom. The molecule has 0 amide bonds. The SMILES string of the molecule is CCC(=CCCN)C1CC1C(=O)c1ccc(OC2C=C(C)C=CC2)c(C)c1. The first-order chi connectivity index (χ1) is 13.0. The first-order valence-electron chi connectivity index (χ1n) is 10.1. The second-order valence-electron chi connectivity index (χ2n) is 7.71. The van der Waals surface area contributed by atoms with E-state index in [1.807, 2.05) is 25.1 Å². The van der Waals surface area contributed by atoms with E-state index >= 15 is 0 Å². The zero-order valence-corrected chi connectivity index (χ0v) is 16.7. The number of carbonyl (C=O) groups is 1. The standard InChI is InChI=1S/C24H31NO2/c1-4-18(8-6-12-25)21-15-22(21)24(26)19-10-11-23(17(3)14-19)27-20-9-5-7-16(2)13-20/h5,7-8,10-11,13-14,20-22H,4,6,9,12,15,25H2,1-3H3. The minimum Gasteiger partial charge on any atom is -0.486 e. The summed E-state index contributed by atoms with van der Waals surface area (Å²) >= 11 is 0. The summed E-state index contributed by atoms with van der Waals surface area (Å²) in [7, 11) is 0. The fraction of sp³-hybridized carbons (Fsp3) is 0.458. The van der Waals surface area contributed by atoms with Gasteiger partial charge in [0.25, 0.3) is 0 Å². The first kappa shape index (κ1) is 19.6. The van der Waals surface area contributed by atoms with Gasteiger partial charge in [-0.2, -0.15) is 0 Å². The Morgan fingerprint density at radius 1 is 1.30 bits per heavy atom.